The van der Waals surface area contributed by atoms with Crippen LogP contribution in [0.1, 0.15) is 25.2 Å². The fourth-order valence-corrected chi connectivity index (χ4v) is 3.62. The molecule has 0 aliphatic heterocycles. The van der Waals surface area contributed by atoms with Crippen molar-refractivity contribution < 1.29 is 9.90 Å². The van der Waals surface area contributed by atoms with Crippen LogP contribution in [-0.2, 0) is 4.79 Å². The van der Waals surface area contributed by atoms with Crippen molar-refractivity contribution in [2.75, 3.05) is 0 Å². The highest BCUT2D eigenvalue weighted by Crippen LogP contribution is 2.32. The zero-order valence-electron chi connectivity index (χ0n) is 14.7. The van der Waals surface area contributed by atoms with Gasteiger partial charge in [0.25, 0.3) is 0 Å². The molecule has 0 radical (unpaired) electrons. The Hall–Kier alpha value is -2.66. The molecular weight excluding hydrogens is 344 g/mol. The second kappa shape index (κ2) is 8.15. The maximum Gasteiger partial charge on any atom is 0.317 e. The maximum atomic E-state index is 11.6. The zero-order valence-corrected chi connectivity index (χ0v) is 15.5. The highest BCUT2D eigenvalue weighted by atomic mass is 32.2. The third kappa shape index (κ3) is 4.29. The Morgan fingerprint density at radius 1 is 1.00 bits per heavy atom. The summed E-state index contributed by atoms with van der Waals surface area (Å²) in [4.78, 5) is 20.8. The highest BCUT2D eigenvalue weighted by Gasteiger charge is 2.24. The minimum atomic E-state index is -0.825. The van der Waals surface area contributed by atoms with E-state index in [1.165, 1.54) is 11.8 Å². The van der Waals surface area contributed by atoms with Gasteiger partial charge in [-0.25, -0.2) is 9.97 Å². The van der Waals surface area contributed by atoms with Gasteiger partial charge in [0.05, 0.1) is 5.52 Å². The lowest BCUT2D eigenvalue weighted by atomic mass is 10.1. The van der Waals surface area contributed by atoms with E-state index in [0.29, 0.717) is 10.9 Å². The van der Waals surface area contributed by atoms with Crippen LogP contribution in [0, 0.1) is 5.92 Å². The number of nitrogens with zero attached hydrogens (tertiary/aromatic N) is 2. The number of aliphatic carboxylic acids is 1. The summed E-state index contributed by atoms with van der Waals surface area (Å²) < 4.78 is 0. The summed E-state index contributed by atoms with van der Waals surface area (Å²) in [7, 11) is 0. The molecule has 1 aromatic heterocycles. The zero-order chi connectivity index (χ0) is 18.5. The number of carboxylic acids is 1. The third-order valence-corrected chi connectivity index (χ3v) is 5.43. The van der Waals surface area contributed by atoms with Crippen LogP contribution in [0.2, 0.25) is 0 Å². The maximum absolute atomic E-state index is 11.6. The molecule has 0 aliphatic rings. The number of carbonyl (C=O) groups is 1. The number of rotatable bonds is 6. The van der Waals surface area contributed by atoms with Gasteiger partial charge >= 0.3 is 5.97 Å². The average Bonchev–Trinajstić information content (AvgIpc) is 2.64. The average molecular weight is 364 g/mol. The van der Waals surface area contributed by atoms with E-state index in [9.17, 15) is 9.90 Å². The van der Waals surface area contributed by atoms with Crippen molar-refractivity contribution in [1.29, 1.82) is 0 Å². The molecule has 0 spiro atoms. The predicted molar refractivity (Wildman–Crippen MR) is 107 cm³/mol. The van der Waals surface area contributed by atoms with Crippen LogP contribution in [0.5, 0.6) is 0 Å². The van der Waals surface area contributed by atoms with Crippen LogP contribution in [0.4, 0.5) is 0 Å². The predicted octanol–water partition coefficient (Wildman–Crippen LogP) is 5.00. The largest absolute Gasteiger partial charge is 0.480 e. The Labute approximate surface area is 157 Å². The Balaban J connectivity index is 2.01. The SMILES string of the molecule is CC(C)[C@H](Sc1nc(/C=C/c2ccccc2)nc2ccccc12)C(=O)O. The van der Waals surface area contributed by atoms with Gasteiger partial charge in [-0.3, -0.25) is 4.79 Å². The number of thioether (sulfide) groups is 1. The Morgan fingerprint density at radius 2 is 1.69 bits per heavy atom. The monoisotopic (exact) mass is 364 g/mol. The first kappa shape index (κ1) is 18.1. The van der Waals surface area contributed by atoms with E-state index < -0.39 is 11.2 Å². The molecule has 132 valence electrons. The van der Waals surface area contributed by atoms with Crippen molar-refractivity contribution in [3.05, 3.63) is 66.0 Å². The number of para-hydroxylation sites is 1. The summed E-state index contributed by atoms with van der Waals surface area (Å²) in [5, 5.41) is 10.5. The van der Waals surface area contributed by atoms with Gasteiger partial charge < -0.3 is 5.11 Å². The lowest BCUT2D eigenvalue weighted by Gasteiger charge is -2.16. The molecule has 0 saturated heterocycles. The molecule has 4 nitrogen and oxygen atoms in total. The van der Waals surface area contributed by atoms with E-state index in [2.05, 4.69) is 9.97 Å². The van der Waals surface area contributed by atoms with Crippen LogP contribution in [0.15, 0.2) is 59.6 Å². The normalized spacial score (nSPS) is 12.7. The molecule has 0 saturated carbocycles. The molecule has 0 bridgehead atoms. The van der Waals surface area contributed by atoms with Gasteiger partial charge in [0, 0.05) is 5.39 Å². The first-order valence-electron chi connectivity index (χ1n) is 8.44. The van der Waals surface area contributed by atoms with Crippen LogP contribution in [0.25, 0.3) is 23.1 Å². The number of benzene rings is 2. The number of fused-ring (bicyclic) bond motifs is 1. The van der Waals surface area contributed by atoms with Crippen LogP contribution < -0.4 is 0 Å². The van der Waals surface area contributed by atoms with E-state index in [0.717, 1.165) is 16.5 Å². The molecular formula is C21H20N2O2S. The lowest BCUT2D eigenvalue weighted by molar-refractivity contribution is -0.137. The van der Waals surface area contributed by atoms with E-state index >= 15 is 0 Å². The van der Waals surface area contributed by atoms with Gasteiger partial charge in [0.1, 0.15) is 10.3 Å². The summed E-state index contributed by atoms with van der Waals surface area (Å²) >= 11 is 1.29. The van der Waals surface area contributed by atoms with Crippen molar-refractivity contribution >= 4 is 40.8 Å². The van der Waals surface area contributed by atoms with Crippen molar-refractivity contribution in [3.8, 4) is 0 Å². The second-order valence-corrected chi connectivity index (χ2v) is 7.40. The lowest BCUT2D eigenvalue weighted by Crippen LogP contribution is -2.22. The standard InChI is InChI=1S/C21H20N2O2S/c1-14(2)19(21(24)25)26-20-16-10-6-7-11-17(16)22-18(23-20)13-12-15-8-4-3-5-9-15/h3-14,19H,1-2H3,(H,24,25)/b13-12+/t19-/m0/s1. The molecule has 0 amide bonds. The molecule has 3 aromatic rings. The van der Waals surface area contributed by atoms with Gasteiger partial charge in [-0.1, -0.05) is 80.2 Å². The van der Waals surface area contributed by atoms with Crippen LogP contribution in [0.3, 0.4) is 0 Å². The summed E-state index contributed by atoms with van der Waals surface area (Å²) in [5.41, 5.74) is 1.87. The van der Waals surface area contributed by atoms with Gasteiger partial charge in [-0.15, -0.1) is 0 Å². The minimum Gasteiger partial charge on any atom is -0.480 e. The summed E-state index contributed by atoms with van der Waals surface area (Å²) in [6.07, 6.45) is 3.81. The highest BCUT2D eigenvalue weighted by molar-refractivity contribution is 8.00. The van der Waals surface area contributed by atoms with E-state index in [1.54, 1.807) is 0 Å². The minimum absolute atomic E-state index is 0.00506. The van der Waals surface area contributed by atoms with E-state index in [1.807, 2.05) is 80.6 Å². The Bertz CT molecular complexity index is 939. The van der Waals surface area contributed by atoms with Crippen molar-refractivity contribution in [2.45, 2.75) is 24.1 Å². The van der Waals surface area contributed by atoms with E-state index in [-0.39, 0.29) is 5.92 Å². The summed E-state index contributed by atoms with van der Waals surface area (Å²) in [6.45, 7) is 3.82. The third-order valence-electron chi connectivity index (χ3n) is 3.90. The molecule has 3 rings (SSSR count). The van der Waals surface area contributed by atoms with E-state index in [4.69, 9.17) is 0 Å². The quantitative estimate of drug-likeness (QED) is 0.492. The van der Waals surface area contributed by atoms with Gasteiger partial charge in [-0.2, -0.15) is 0 Å². The molecule has 5 heteroatoms. The smallest absolute Gasteiger partial charge is 0.317 e. The molecule has 0 aliphatic carbocycles. The second-order valence-electron chi connectivity index (χ2n) is 6.27. The molecule has 2 aromatic carbocycles. The molecule has 1 N–H and O–H groups in total. The van der Waals surface area contributed by atoms with Crippen LogP contribution >= 0.6 is 11.8 Å². The number of hydrogen-bond acceptors (Lipinski definition) is 4. The van der Waals surface area contributed by atoms with Gasteiger partial charge in [0.2, 0.25) is 0 Å². The molecule has 0 fully saturated rings. The topological polar surface area (TPSA) is 63.1 Å². The Morgan fingerprint density at radius 3 is 2.38 bits per heavy atom. The number of hydrogen-bond donors (Lipinski definition) is 1. The molecule has 0 unspecified atom stereocenters. The summed E-state index contributed by atoms with van der Waals surface area (Å²) in [5.74, 6) is -0.258. The first-order chi connectivity index (χ1) is 12.5. The number of carboxylic acid groups (broad SMARTS) is 1. The Kier molecular flexibility index (Phi) is 5.68. The number of aromatic nitrogens is 2. The van der Waals surface area contributed by atoms with Crippen molar-refractivity contribution in [3.63, 3.8) is 0 Å². The van der Waals surface area contributed by atoms with Gasteiger partial charge in [0.15, 0.2) is 5.82 Å². The summed E-state index contributed by atoms with van der Waals surface area (Å²) in [6, 6.07) is 17.6. The van der Waals surface area contributed by atoms with Crippen molar-refractivity contribution in [2.24, 2.45) is 5.92 Å². The van der Waals surface area contributed by atoms with Gasteiger partial charge in [-0.05, 0) is 23.6 Å². The molecule has 1 heterocycles. The van der Waals surface area contributed by atoms with Crippen molar-refractivity contribution in [1.82, 2.24) is 9.97 Å². The fraction of sp³-hybridized carbons (Fsp3) is 0.190. The fourth-order valence-electron chi connectivity index (χ4n) is 2.56. The molecule has 26 heavy (non-hydrogen) atoms. The molecule has 1 atom stereocenters. The first-order valence-corrected chi connectivity index (χ1v) is 9.32. The van der Waals surface area contributed by atoms with Crippen LogP contribution in [-0.4, -0.2) is 26.3 Å².